The van der Waals surface area contributed by atoms with Crippen LogP contribution in [-0.4, -0.2) is 64.1 Å². The summed E-state index contributed by atoms with van der Waals surface area (Å²) in [5.41, 5.74) is 0.999. The second-order valence-electron chi connectivity index (χ2n) is 7.32. The van der Waals surface area contributed by atoms with Crippen molar-refractivity contribution in [3.63, 3.8) is 0 Å². The number of rotatable bonds is 6. The number of nitrogens with one attached hydrogen (secondary N) is 1. The number of aliphatic imine (C=N–C) groups is 1. The van der Waals surface area contributed by atoms with Crippen molar-refractivity contribution >= 4 is 52.5 Å². The number of carbonyl (C=O) groups is 2. The number of hydrogen-bond donors (Lipinski definition) is 2. The zero-order chi connectivity index (χ0) is 23.5. The molecule has 1 aromatic heterocycles. The number of carboxylic acids is 1. The molecular weight excluding hydrogens is 491 g/mol. The van der Waals surface area contributed by atoms with Crippen molar-refractivity contribution in [2.75, 3.05) is 25.3 Å². The van der Waals surface area contributed by atoms with Crippen LogP contribution in [0.2, 0.25) is 5.02 Å². The summed E-state index contributed by atoms with van der Waals surface area (Å²) in [6.45, 7) is 0.111. The lowest BCUT2D eigenvalue weighted by atomic mass is 9.94. The number of carboxylic acid groups (broad SMARTS) is 1. The molecule has 1 aromatic carbocycles. The molecule has 3 heterocycles. The van der Waals surface area contributed by atoms with E-state index in [-0.39, 0.29) is 17.1 Å². The van der Waals surface area contributed by atoms with Gasteiger partial charge in [-0.25, -0.2) is 19.2 Å². The first-order valence-corrected chi connectivity index (χ1v) is 12.4. The molecule has 2 aliphatic rings. The van der Waals surface area contributed by atoms with Gasteiger partial charge in [-0.3, -0.25) is 9.69 Å². The zero-order valence-electron chi connectivity index (χ0n) is 17.5. The van der Waals surface area contributed by atoms with Gasteiger partial charge in [0.15, 0.2) is 10.8 Å². The molecule has 2 aliphatic heterocycles. The Kier molecular flexibility index (Phi) is 7.32. The van der Waals surface area contributed by atoms with Crippen LogP contribution in [0.3, 0.4) is 0 Å². The number of hydrogen-bond acceptors (Lipinski definition) is 9. The second-order valence-corrected chi connectivity index (χ2v) is 9.70. The number of aliphatic carboxylic acids is 1. The van der Waals surface area contributed by atoms with E-state index in [2.05, 4.69) is 15.3 Å². The van der Waals surface area contributed by atoms with Gasteiger partial charge in [-0.15, -0.1) is 23.1 Å². The highest BCUT2D eigenvalue weighted by molar-refractivity contribution is 7.99. The largest absolute Gasteiger partial charge is 0.480 e. The number of benzene rings is 1. The molecule has 0 aliphatic carbocycles. The maximum absolute atomic E-state index is 13.7. The van der Waals surface area contributed by atoms with Gasteiger partial charge in [-0.2, -0.15) is 0 Å². The van der Waals surface area contributed by atoms with Crippen LogP contribution in [0, 0.1) is 5.82 Å². The van der Waals surface area contributed by atoms with E-state index in [1.165, 1.54) is 36.6 Å². The molecule has 1 fully saturated rings. The lowest BCUT2D eigenvalue weighted by molar-refractivity contribution is -0.143. The molecule has 1 unspecified atom stereocenters. The Bertz CT molecular complexity index is 1130. The highest BCUT2D eigenvalue weighted by atomic mass is 35.5. The van der Waals surface area contributed by atoms with Crippen LogP contribution in [0.5, 0.6) is 0 Å². The van der Waals surface area contributed by atoms with E-state index >= 15 is 0 Å². The minimum atomic E-state index is -0.924. The predicted molar refractivity (Wildman–Crippen MR) is 125 cm³/mol. The summed E-state index contributed by atoms with van der Waals surface area (Å²) in [5.74, 6) is -0.444. The van der Waals surface area contributed by atoms with E-state index in [9.17, 15) is 19.1 Å². The molecule has 8 nitrogen and oxygen atoms in total. The molecule has 0 bridgehead atoms. The highest BCUT2D eigenvalue weighted by Crippen LogP contribution is 2.35. The van der Waals surface area contributed by atoms with Crippen LogP contribution in [0.25, 0.3) is 0 Å². The van der Waals surface area contributed by atoms with Crippen molar-refractivity contribution in [2.24, 2.45) is 4.99 Å². The number of aromatic nitrogens is 1. The van der Waals surface area contributed by atoms with Crippen molar-refractivity contribution in [2.45, 2.75) is 18.5 Å². The average molecular weight is 511 g/mol. The molecule has 0 amide bonds. The summed E-state index contributed by atoms with van der Waals surface area (Å²) in [7, 11) is 1.26. The van der Waals surface area contributed by atoms with Crippen molar-refractivity contribution in [1.82, 2.24) is 15.2 Å². The summed E-state index contributed by atoms with van der Waals surface area (Å²) in [4.78, 5) is 35.5. The third kappa shape index (κ3) is 5.06. The molecule has 33 heavy (non-hydrogen) atoms. The number of esters is 1. The fourth-order valence-electron chi connectivity index (χ4n) is 3.77. The smallest absolute Gasteiger partial charge is 0.338 e. The number of ether oxygens (including phenoxy) is 1. The maximum atomic E-state index is 13.7. The Labute approximate surface area is 202 Å². The van der Waals surface area contributed by atoms with Gasteiger partial charge in [-0.05, 0) is 29.9 Å². The molecule has 1 saturated heterocycles. The molecule has 0 saturated carbocycles. The van der Waals surface area contributed by atoms with Gasteiger partial charge in [0.2, 0.25) is 0 Å². The molecule has 2 atom stereocenters. The topological polar surface area (TPSA) is 104 Å². The Morgan fingerprint density at radius 3 is 2.91 bits per heavy atom. The summed E-state index contributed by atoms with van der Waals surface area (Å²) in [6, 6.07) is 2.44. The van der Waals surface area contributed by atoms with Crippen LogP contribution < -0.4 is 5.32 Å². The Balaban J connectivity index is 1.84. The van der Waals surface area contributed by atoms with E-state index in [1.807, 2.05) is 0 Å². The maximum Gasteiger partial charge on any atom is 0.338 e. The Morgan fingerprint density at radius 1 is 1.42 bits per heavy atom. The van der Waals surface area contributed by atoms with Crippen LogP contribution in [0.15, 0.2) is 46.0 Å². The van der Waals surface area contributed by atoms with Gasteiger partial charge in [-0.1, -0.05) is 17.7 Å². The van der Waals surface area contributed by atoms with Crippen molar-refractivity contribution in [1.29, 1.82) is 0 Å². The third-order valence-corrected chi connectivity index (χ3v) is 7.46. The number of thioether (sulfide) groups is 1. The second kappa shape index (κ2) is 10.2. The van der Waals surface area contributed by atoms with Crippen molar-refractivity contribution in [3.8, 4) is 0 Å². The van der Waals surface area contributed by atoms with Gasteiger partial charge >= 0.3 is 11.9 Å². The average Bonchev–Trinajstić information content (AvgIpc) is 3.33. The molecule has 2 N–H and O–H groups in total. The van der Waals surface area contributed by atoms with Crippen molar-refractivity contribution < 1.29 is 23.8 Å². The summed E-state index contributed by atoms with van der Waals surface area (Å²) in [6.07, 6.45) is 2.11. The number of thiazole rings is 1. The van der Waals surface area contributed by atoms with E-state index in [4.69, 9.17) is 16.3 Å². The van der Waals surface area contributed by atoms with E-state index in [1.54, 1.807) is 28.2 Å². The number of amidine groups is 1. The molecule has 0 radical (unpaired) electrons. The molecule has 174 valence electrons. The number of carbonyl (C=O) groups excluding carboxylic acids is 1. The van der Waals surface area contributed by atoms with Gasteiger partial charge < -0.3 is 15.2 Å². The van der Waals surface area contributed by atoms with Crippen molar-refractivity contribution in [3.05, 3.63) is 62.5 Å². The van der Waals surface area contributed by atoms with Crippen LogP contribution in [-0.2, 0) is 14.3 Å². The first kappa shape index (κ1) is 23.7. The quantitative estimate of drug-likeness (QED) is 0.570. The zero-order valence-corrected chi connectivity index (χ0v) is 19.8. The fourth-order valence-corrected chi connectivity index (χ4v) is 5.65. The summed E-state index contributed by atoms with van der Waals surface area (Å²) in [5, 5.41) is 15.4. The number of nitrogens with zero attached hydrogens (tertiary/aromatic N) is 3. The Morgan fingerprint density at radius 2 is 2.24 bits per heavy atom. The first-order valence-electron chi connectivity index (χ1n) is 9.95. The summed E-state index contributed by atoms with van der Waals surface area (Å²) < 4.78 is 18.8. The number of halogens is 2. The Hall–Kier alpha value is -2.47. The first-order chi connectivity index (χ1) is 15.9. The SMILES string of the molecule is COC(=O)C1=C(CN2CSCCC2C(=O)O)N=C(c2nccs2)N[C@H]1c1ccc(F)cc1Cl. The monoisotopic (exact) mass is 510 g/mol. The molecule has 12 heteroatoms. The number of methoxy groups -OCH3 is 1. The van der Waals surface area contributed by atoms with Gasteiger partial charge in [0.05, 0.1) is 24.4 Å². The highest BCUT2D eigenvalue weighted by Gasteiger charge is 2.37. The lowest BCUT2D eigenvalue weighted by Crippen LogP contribution is -2.46. The fraction of sp³-hybridized carbons (Fsp3) is 0.333. The van der Waals surface area contributed by atoms with Crippen LogP contribution >= 0.6 is 34.7 Å². The summed E-state index contributed by atoms with van der Waals surface area (Å²) >= 11 is 9.32. The van der Waals surface area contributed by atoms with Gasteiger partial charge in [0.1, 0.15) is 11.9 Å². The van der Waals surface area contributed by atoms with E-state index in [0.29, 0.717) is 34.4 Å². The molecule has 2 aromatic rings. The minimum Gasteiger partial charge on any atom is -0.480 e. The van der Waals surface area contributed by atoms with Crippen LogP contribution in [0.4, 0.5) is 4.39 Å². The van der Waals surface area contributed by atoms with Gasteiger partial charge in [0, 0.05) is 29.0 Å². The standard InChI is InChI=1S/C21H20ClFN4O4S2/c1-31-21(30)16-14(9-27-10-32-6-4-15(27)20(28)29)25-18(19-24-5-7-33-19)26-17(16)12-3-2-11(23)8-13(12)22/h2-3,5,7-8,15,17H,4,6,9-10H2,1H3,(H,25,26)(H,28,29)/t15?,17-/m0/s1. The minimum absolute atomic E-state index is 0.111. The van der Waals surface area contributed by atoms with E-state index < -0.39 is 29.8 Å². The molecule has 4 rings (SSSR count). The van der Waals surface area contributed by atoms with Gasteiger partial charge in [0.25, 0.3) is 0 Å². The normalized spacial score (nSPS) is 21.4. The molecule has 0 spiro atoms. The van der Waals surface area contributed by atoms with Crippen LogP contribution in [0.1, 0.15) is 23.0 Å². The molecular formula is C21H20ClFN4O4S2. The third-order valence-electron chi connectivity index (χ3n) is 5.31. The predicted octanol–water partition coefficient (Wildman–Crippen LogP) is 3.30. The lowest BCUT2D eigenvalue weighted by Gasteiger charge is -2.35. The van der Waals surface area contributed by atoms with E-state index in [0.717, 1.165) is 5.75 Å².